The molecule has 0 saturated carbocycles. The van der Waals surface area contributed by atoms with Gasteiger partial charge < -0.3 is 0 Å². The average molecular weight is 249 g/mol. The summed E-state index contributed by atoms with van der Waals surface area (Å²) in [5.74, 6) is 0. The highest BCUT2D eigenvalue weighted by molar-refractivity contribution is 5.87. The molecule has 0 amide bonds. The minimum atomic E-state index is 1.07. The Morgan fingerprint density at radius 1 is 0.895 bits per heavy atom. The predicted octanol–water partition coefficient (Wildman–Crippen LogP) is 5.11. The van der Waals surface area contributed by atoms with Gasteiger partial charge in [-0.2, -0.15) is 0 Å². The predicted molar refractivity (Wildman–Crippen MR) is 84.2 cm³/mol. The monoisotopic (exact) mass is 249 g/mol. The fourth-order valence-corrected chi connectivity index (χ4v) is 2.03. The van der Waals surface area contributed by atoms with Crippen LogP contribution in [-0.2, 0) is 0 Å². The first-order chi connectivity index (χ1) is 9.16. The number of benzene rings is 2. The molecule has 0 N–H and O–H groups in total. The molecule has 0 aliphatic heterocycles. The molecule has 0 aromatic heterocycles. The fourth-order valence-electron chi connectivity index (χ4n) is 2.03. The number of rotatable bonds is 3. The summed E-state index contributed by atoms with van der Waals surface area (Å²) < 4.78 is 0. The van der Waals surface area contributed by atoms with Gasteiger partial charge >= 0.3 is 0 Å². The Hall–Kier alpha value is -2.15. The molecule has 96 valence electrons. The largest absolute Gasteiger partial charge is 0.256 e. The Morgan fingerprint density at radius 3 is 2.16 bits per heavy atom. The first-order valence-corrected chi connectivity index (χ1v) is 6.50. The van der Waals surface area contributed by atoms with Crippen molar-refractivity contribution in [1.82, 2.24) is 0 Å². The lowest BCUT2D eigenvalue weighted by Gasteiger charge is -2.03. The summed E-state index contributed by atoms with van der Waals surface area (Å²) in [5.41, 5.74) is 5.85. The van der Waals surface area contributed by atoms with Crippen LogP contribution in [0.25, 0.3) is 6.08 Å². The van der Waals surface area contributed by atoms with Crippen LogP contribution in [0.2, 0.25) is 0 Å². The summed E-state index contributed by atoms with van der Waals surface area (Å²) in [6.07, 6.45) is 4.07. The second-order valence-electron chi connectivity index (χ2n) is 4.80. The maximum Gasteiger partial charge on any atom is 0.0688 e. The highest BCUT2D eigenvalue weighted by atomic mass is 14.7. The van der Waals surface area contributed by atoms with Crippen LogP contribution >= 0.6 is 0 Å². The van der Waals surface area contributed by atoms with Crippen LogP contribution in [0.15, 0.2) is 59.1 Å². The molecule has 19 heavy (non-hydrogen) atoms. The third-order valence-corrected chi connectivity index (χ3v) is 3.03. The zero-order valence-corrected chi connectivity index (χ0v) is 11.7. The summed E-state index contributed by atoms with van der Waals surface area (Å²) in [5, 5.41) is 0. The Morgan fingerprint density at radius 2 is 1.53 bits per heavy atom. The van der Waals surface area contributed by atoms with Crippen molar-refractivity contribution in [3.63, 3.8) is 0 Å². The lowest BCUT2D eigenvalue weighted by molar-refractivity contribution is 1.33. The molecule has 0 fully saturated rings. The SMILES string of the molecule is C/C(C=Nc1c(C)cccc1C)=C\c1ccccc1. The van der Waals surface area contributed by atoms with E-state index in [1.165, 1.54) is 16.7 Å². The first-order valence-electron chi connectivity index (χ1n) is 6.50. The quantitative estimate of drug-likeness (QED) is 0.670. The maximum absolute atomic E-state index is 4.61. The van der Waals surface area contributed by atoms with E-state index < -0.39 is 0 Å². The van der Waals surface area contributed by atoms with Crippen molar-refractivity contribution in [1.29, 1.82) is 0 Å². The van der Waals surface area contributed by atoms with E-state index in [-0.39, 0.29) is 0 Å². The standard InChI is InChI=1S/C18H19N/c1-14(12-17-10-5-4-6-11-17)13-19-18-15(2)8-7-9-16(18)3/h4-13H,1-3H3/b14-12+,19-13?. The number of hydrogen-bond donors (Lipinski definition) is 0. The summed E-state index contributed by atoms with van der Waals surface area (Å²) >= 11 is 0. The Bertz CT molecular complexity index is 587. The first kappa shape index (κ1) is 13.3. The molecule has 0 bridgehead atoms. The van der Waals surface area contributed by atoms with Gasteiger partial charge in [-0.25, -0.2) is 0 Å². The number of nitrogens with zero attached hydrogens (tertiary/aromatic N) is 1. The third-order valence-electron chi connectivity index (χ3n) is 3.03. The van der Waals surface area contributed by atoms with Gasteiger partial charge in [0.25, 0.3) is 0 Å². The molecule has 1 nitrogen and oxygen atoms in total. The fraction of sp³-hybridized carbons (Fsp3) is 0.167. The number of allylic oxidation sites excluding steroid dienone is 1. The molecular weight excluding hydrogens is 230 g/mol. The highest BCUT2D eigenvalue weighted by Gasteiger charge is 1.98. The second kappa shape index (κ2) is 6.14. The van der Waals surface area contributed by atoms with Gasteiger partial charge in [-0.3, -0.25) is 4.99 Å². The highest BCUT2D eigenvalue weighted by Crippen LogP contribution is 2.22. The molecule has 0 saturated heterocycles. The van der Waals surface area contributed by atoms with Crippen LogP contribution in [0, 0.1) is 13.8 Å². The zero-order chi connectivity index (χ0) is 13.7. The maximum atomic E-state index is 4.61. The van der Waals surface area contributed by atoms with Gasteiger partial charge in [0.1, 0.15) is 0 Å². The van der Waals surface area contributed by atoms with Crippen LogP contribution in [0.5, 0.6) is 0 Å². The van der Waals surface area contributed by atoms with E-state index >= 15 is 0 Å². The van der Waals surface area contributed by atoms with Crippen molar-refractivity contribution >= 4 is 18.0 Å². The van der Waals surface area contributed by atoms with Crippen LogP contribution in [-0.4, -0.2) is 6.21 Å². The van der Waals surface area contributed by atoms with E-state index in [0.29, 0.717) is 0 Å². The molecule has 0 radical (unpaired) electrons. The van der Waals surface area contributed by atoms with Crippen LogP contribution < -0.4 is 0 Å². The van der Waals surface area contributed by atoms with Gasteiger partial charge in [-0.05, 0) is 43.0 Å². The van der Waals surface area contributed by atoms with E-state index in [1.807, 2.05) is 24.4 Å². The molecular formula is C18H19N. The van der Waals surface area contributed by atoms with Crippen LogP contribution in [0.1, 0.15) is 23.6 Å². The number of aryl methyl sites for hydroxylation is 2. The van der Waals surface area contributed by atoms with Crippen molar-refractivity contribution in [2.45, 2.75) is 20.8 Å². The zero-order valence-electron chi connectivity index (χ0n) is 11.7. The van der Waals surface area contributed by atoms with Gasteiger partial charge in [0, 0.05) is 6.21 Å². The number of aliphatic imine (C=N–C) groups is 1. The van der Waals surface area contributed by atoms with Crippen molar-refractivity contribution in [3.8, 4) is 0 Å². The normalized spacial score (nSPS) is 12.1. The molecule has 0 atom stereocenters. The molecule has 0 unspecified atom stereocenters. The van der Waals surface area contributed by atoms with Crippen LogP contribution in [0.4, 0.5) is 5.69 Å². The van der Waals surface area contributed by atoms with E-state index in [4.69, 9.17) is 0 Å². The van der Waals surface area contributed by atoms with Crippen molar-refractivity contribution in [2.75, 3.05) is 0 Å². The molecule has 0 heterocycles. The van der Waals surface area contributed by atoms with Gasteiger partial charge in [-0.15, -0.1) is 0 Å². The molecule has 2 aromatic carbocycles. The lowest BCUT2D eigenvalue weighted by Crippen LogP contribution is -1.83. The Balaban J connectivity index is 2.21. The summed E-state index contributed by atoms with van der Waals surface area (Å²) in [7, 11) is 0. The van der Waals surface area contributed by atoms with Crippen molar-refractivity contribution < 1.29 is 0 Å². The Kier molecular flexibility index (Phi) is 4.30. The topological polar surface area (TPSA) is 12.4 Å². The van der Waals surface area contributed by atoms with Gasteiger partial charge in [0.15, 0.2) is 0 Å². The molecule has 1 heteroatoms. The van der Waals surface area contributed by atoms with E-state index in [9.17, 15) is 0 Å². The van der Waals surface area contributed by atoms with Crippen molar-refractivity contribution in [3.05, 3.63) is 70.8 Å². The smallest absolute Gasteiger partial charge is 0.0688 e. The summed E-state index contributed by atoms with van der Waals surface area (Å²) in [6, 6.07) is 16.6. The third kappa shape index (κ3) is 3.65. The minimum absolute atomic E-state index is 1.07. The van der Waals surface area contributed by atoms with E-state index in [2.05, 4.69) is 62.2 Å². The lowest BCUT2D eigenvalue weighted by atomic mass is 10.1. The molecule has 0 aliphatic rings. The average Bonchev–Trinajstić information content (AvgIpc) is 2.39. The molecule has 2 aromatic rings. The Labute approximate surface area is 115 Å². The van der Waals surface area contributed by atoms with Gasteiger partial charge in [-0.1, -0.05) is 54.6 Å². The second-order valence-corrected chi connectivity index (χ2v) is 4.80. The summed E-state index contributed by atoms with van der Waals surface area (Å²) in [6.45, 7) is 6.26. The number of para-hydroxylation sites is 1. The van der Waals surface area contributed by atoms with Crippen LogP contribution in [0.3, 0.4) is 0 Å². The minimum Gasteiger partial charge on any atom is -0.256 e. The molecule has 0 spiro atoms. The van der Waals surface area contributed by atoms with E-state index in [0.717, 1.165) is 11.3 Å². The summed E-state index contributed by atoms with van der Waals surface area (Å²) in [4.78, 5) is 4.61. The molecule has 0 aliphatic carbocycles. The van der Waals surface area contributed by atoms with Crippen molar-refractivity contribution in [2.24, 2.45) is 4.99 Å². The van der Waals surface area contributed by atoms with Gasteiger partial charge in [0.05, 0.1) is 5.69 Å². The van der Waals surface area contributed by atoms with E-state index in [1.54, 1.807) is 0 Å². The van der Waals surface area contributed by atoms with Gasteiger partial charge in [0.2, 0.25) is 0 Å². The number of hydrogen-bond acceptors (Lipinski definition) is 1. The molecule has 2 rings (SSSR count).